The Morgan fingerprint density at radius 1 is 0.884 bits per heavy atom. The molecule has 2 N–H and O–H groups in total. The van der Waals surface area contributed by atoms with E-state index in [1.54, 1.807) is 48.5 Å². The maximum absolute atomic E-state index is 13.7. The van der Waals surface area contributed by atoms with Gasteiger partial charge in [0.1, 0.15) is 11.7 Å². The molecule has 4 rings (SSSR count). The first-order valence-electron chi connectivity index (χ1n) is 13.0. The maximum Gasteiger partial charge on any atom is 0.416 e. The van der Waals surface area contributed by atoms with Gasteiger partial charge in [-0.15, -0.1) is 0 Å². The number of nitrogens with one attached hydrogen (secondary N) is 1. The molecule has 0 aliphatic heterocycles. The minimum absolute atomic E-state index is 0.0177. The second-order valence-electron chi connectivity index (χ2n) is 9.68. The Balaban J connectivity index is 1.66. The fraction of sp³-hybridized carbons (Fsp3) is 0.121. The van der Waals surface area contributed by atoms with E-state index in [0.717, 1.165) is 34.2 Å². The molecule has 1 atom stereocenters. The van der Waals surface area contributed by atoms with Crippen LogP contribution in [0.25, 0.3) is 17.2 Å². The molecule has 0 heterocycles. The van der Waals surface area contributed by atoms with Gasteiger partial charge in [0, 0.05) is 24.1 Å². The molecule has 0 aromatic heterocycles. The topological polar surface area (TPSA) is 86.7 Å². The summed E-state index contributed by atoms with van der Waals surface area (Å²) < 4.78 is 40.1. The Morgan fingerprint density at radius 2 is 1.51 bits per heavy atom. The molecule has 6 nitrogen and oxygen atoms in total. The van der Waals surface area contributed by atoms with Gasteiger partial charge in [0.25, 0.3) is 11.8 Å². The second kappa shape index (κ2) is 13.4. The highest BCUT2D eigenvalue weighted by atomic mass is 35.5. The number of nitrogens with zero attached hydrogens (tertiary/aromatic N) is 1. The van der Waals surface area contributed by atoms with Gasteiger partial charge in [-0.3, -0.25) is 9.59 Å². The van der Waals surface area contributed by atoms with Crippen molar-refractivity contribution in [2.24, 2.45) is 0 Å². The van der Waals surface area contributed by atoms with Crippen molar-refractivity contribution in [3.8, 4) is 11.1 Å². The van der Waals surface area contributed by atoms with E-state index in [2.05, 4.69) is 5.32 Å². The van der Waals surface area contributed by atoms with Gasteiger partial charge < -0.3 is 15.3 Å². The van der Waals surface area contributed by atoms with Crippen LogP contribution in [0, 0.1) is 0 Å². The zero-order valence-electron chi connectivity index (χ0n) is 22.8. The van der Waals surface area contributed by atoms with Crippen LogP contribution in [0.15, 0.2) is 109 Å². The highest BCUT2D eigenvalue weighted by Crippen LogP contribution is 2.30. The van der Waals surface area contributed by atoms with Crippen LogP contribution < -0.4 is 5.32 Å². The van der Waals surface area contributed by atoms with Crippen molar-refractivity contribution in [1.29, 1.82) is 0 Å². The largest absolute Gasteiger partial charge is 0.480 e. The van der Waals surface area contributed by atoms with Gasteiger partial charge in [-0.25, -0.2) is 4.79 Å². The number of hydrogen-bond acceptors (Lipinski definition) is 3. The van der Waals surface area contributed by atoms with E-state index < -0.39 is 41.3 Å². The van der Waals surface area contributed by atoms with E-state index >= 15 is 0 Å². The molecule has 0 spiro atoms. The molecule has 0 radical (unpaired) electrons. The number of amides is 2. The Kier molecular flexibility index (Phi) is 9.67. The van der Waals surface area contributed by atoms with E-state index in [9.17, 15) is 32.7 Å². The van der Waals surface area contributed by atoms with E-state index in [1.807, 2.05) is 30.3 Å². The molecule has 2 amide bonds. The van der Waals surface area contributed by atoms with Crippen LogP contribution in [0.2, 0.25) is 5.02 Å². The molecule has 0 aliphatic rings. The van der Waals surface area contributed by atoms with Crippen LogP contribution >= 0.6 is 11.6 Å². The summed E-state index contributed by atoms with van der Waals surface area (Å²) in [6.07, 6.45) is -3.63. The van der Waals surface area contributed by atoms with Crippen LogP contribution in [0.5, 0.6) is 0 Å². The van der Waals surface area contributed by atoms with Gasteiger partial charge in [-0.05, 0) is 64.7 Å². The zero-order valence-corrected chi connectivity index (χ0v) is 23.6. The summed E-state index contributed by atoms with van der Waals surface area (Å²) in [7, 11) is 1.25. The smallest absolute Gasteiger partial charge is 0.416 e. The summed E-state index contributed by atoms with van der Waals surface area (Å²) in [5.41, 5.74) is 1.17. The standard InChI is InChI=1S/C33H26ClF3N2O4/c1-39(29(32(42)43)20-21-10-16-27(34)17-11-21)31(41)28(19-22-6-5-9-26(18-22)33(35,36)37)38-30(40)25-14-12-24(13-15-25)23-7-3-2-4-8-23/h2-19,29H,20H2,1H3,(H,38,40)(H,42,43)/t29-/m1/s1. The summed E-state index contributed by atoms with van der Waals surface area (Å²) >= 11 is 5.92. The van der Waals surface area contributed by atoms with Crippen LogP contribution in [0.1, 0.15) is 27.0 Å². The molecule has 0 bridgehead atoms. The number of halogens is 4. The number of aliphatic carboxylic acids is 1. The first kappa shape index (κ1) is 31.1. The van der Waals surface area contributed by atoms with E-state index in [0.29, 0.717) is 10.6 Å². The van der Waals surface area contributed by atoms with E-state index in [-0.39, 0.29) is 17.5 Å². The molecule has 43 heavy (non-hydrogen) atoms. The van der Waals surface area contributed by atoms with Crippen molar-refractivity contribution < 1.29 is 32.7 Å². The fourth-order valence-corrected chi connectivity index (χ4v) is 4.45. The summed E-state index contributed by atoms with van der Waals surface area (Å²) in [5, 5.41) is 12.9. The van der Waals surface area contributed by atoms with Crippen molar-refractivity contribution in [3.05, 3.63) is 136 Å². The van der Waals surface area contributed by atoms with Crippen molar-refractivity contribution in [2.75, 3.05) is 7.05 Å². The lowest BCUT2D eigenvalue weighted by Gasteiger charge is -2.26. The van der Waals surface area contributed by atoms with Crippen LogP contribution in [0.4, 0.5) is 13.2 Å². The Bertz CT molecular complexity index is 1640. The molecule has 0 aliphatic carbocycles. The van der Waals surface area contributed by atoms with Crippen LogP contribution in [0.3, 0.4) is 0 Å². The summed E-state index contributed by atoms with van der Waals surface area (Å²) in [6, 6.07) is 25.3. The van der Waals surface area contributed by atoms with Crippen LogP contribution in [-0.2, 0) is 22.2 Å². The van der Waals surface area contributed by atoms with E-state index in [4.69, 9.17) is 11.6 Å². The quantitative estimate of drug-likeness (QED) is 0.202. The Labute approximate surface area is 251 Å². The number of alkyl halides is 3. The number of carboxylic acid groups (broad SMARTS) is 1. The fourth-order valence-electron chi connectivity index (χ4n) is 4.33. The number of benzene rings is 4. The van der Waals surface area contributed by atoms with Crippen LogP contribution in [-0.4, -0.2) is 40.9 Å². The summed E-state index contributed by atoms with van der Waals surface area (Å²) in [4.78, 5) is 40.0. The number of carbonyl (C=O) groups excluding carboxylic acids is 2. The zero-order chi connectivity index (χ0) is 31.1. The Morgan fingerprint density at radius 3 is 2.12 bits per heavy atom. The average molecular weight is 607 g/mol. The number of carbonyl (C=O) groups is 3. The van der Waals surface area contributed by atoms with Gasteiger partial charge >= 0.3 is 12.1 Å². The second-order valence-corrected chi connectivity index (χ2v) is 10.1. The third-order valence-electron chi connectivity index (χ3n) is 6.67. The molecule has 10 heteroatoms. The molecule has 0 unspecified atom stereocenters. The third kappa shape index (κ3) is 8.11. The Hall–Kier alpha value is -4.89. The first-order valence-corrected chi connectivity index (χ1v) is 13.4. The van der Waals surface area contributed by atoms with Gasteiger partial charge in [0.15, 0.2) is 0 Å². The van der Waals surface area contributed by atoms with Gasteiger partial charge in [-0.2, -0.15) is 13.2 Å². The van der Waals surface area contributed by atoms with E-state index in [1.165, 1.54) is 19.2 Å². The summed E-state index contributed by atoms with van der Waals surface area (Å²) in [5.74, 6) is -2.93. The minimum atomic E-state index is -4.64. The van der Waals surface area contributed by atoms with Gasteiger partial charge in [-0.1, -0.05) is 78.3 Å². The van der Waals surface area contributed by atoms with Crippen molar-refractivity contribution >= 4 is 35.5 Å². The van der Waals surface area contributed by atoms with Gasteiger partial charge in [0.2, 0.25) is 0 Å². The summed E-state index contributed by atoms with van der Waals surface area (Å²) in [6.45, 7) is 0. The number of rotatable bonds is 9. The first-order chi connectivity index (χ1) is 20.4. The maximum atomic E-state index is 13.7. The SMILES string of the molecule is CN(C(=O)C(=Cc1cccc(C(F)(F)F)c1)NC(=O)c1ccc(-c2ccccc2)cc1)[C@H](Cc1ccc(Cl)cc1)C(=O)O. The highest BCUT2D eigenvalue weighted by molar-refractivity contribution is 6.30. The number of carboxylic acids is 1. The lowest BCUT2D eigenvalue weighted by molar-refractivity contribution is -0.147. The predicted molar refractivity (Wildman–Crippen MR) is 158 cm³/mol. The monoisotopic (exact) mass is 606 g/mol. The average Bonchev–Trinajstić information content (AvgIpc) is 3.00. The molecule has 0 saturated carbocycles. The van der Waals surface area contributed by atoms with Crippen molar-refractivity contribution in [3.63, 3.8) is 0 Å². The molecule has 4 aromatic rings. The predicted octanol–water partition coefficient (Wildman–Crippen LogP) is 6.95. The number of hydrogen-bond donors (Lipinski definition) is 2. The lowest BCUT2D eigenvalue weighted by atomic mass is 10.0. The molecule has 0 fully saturated rings. The van der Waals surface area contributed by atoms with Crippen molar-refractivity contribution in [1.82, 2.24) is 10.2 Å². The highest BCUT2D eigenvalue weighted by Gasteiger charge is 2.31. The number of likely N-dealkylation sites (N-methyl/N-ethyl adjacent to an activating group) is 1. The molecule has 0 saturated heterocycles. The minimum Gasteiger partial charge on any atom is -0.480 e. The molecule has 220 valence electrons. The third-order valence-corrected chi connectivity index (χ3v) is 6.92. The molecule has 4 aromatic carbocycles. The lowest BCUT2D eigenvalue weighted by Crippen LogP contribution is -2.46. The normalized spacial score (nSPS) is 12.3. The molecular formula is C33H26ClF3N2O4. The molecular weight excluding hydrogens is 581 g/mol. The van der Waals surface area contributed by atoms with Crippen molar-refractivity contribution in [2.45, 2.75) is 18.6 Å². The van der Waals surface area contributed by atoms with Gasteiger partial charge in [0.05, 0.1) is 5.56 Å².